The Hall–Kier alpha value is -3.00. The predicted molar refractivity (Wildman–Crippen MR) is 98.1 cm³/mol. The number of amides is 3. The van der Waals surface area contributed by atoms with Gasteiger partial charge in [-0.25, -0.2) is 18.5 Å². The van der Waals surface area contributed by atoms with Crippen LogP contribution < -0.4 is 9.64 Å². The molecule has 0 aliphatic carbocycles. The van der Waals surface area contributed by atoms with Crippen LogP contribution in [-0.4, -0.2) is 60.6 Å². The number of ether oxygens (including phenoxy) is 1. The maximum absolute atomic E-state index is 13.5. The van der Waals surface area contributed by atoms with Gasteiger partial charge in [0.05, 0.1) is 5.69 Å². The Morgan fingerprint density at radius 3 is 2.54 bits per heavy atom. The standard InChI is InChI=1S/C20H19F2N3O3/c21-14-4-6-17(7-5-14)28-11-10-23-8-9-24-18(13-23)19(26)25(20(24)27)16-3-1-2-15(22)12-16/h1-7,12,18H,8-11,13H2. The molecule has 2 saturated heterocycles. The van der Waals surface area contributed by atoms with E-state index in [1.165, 1.54) is 35.2 Å². The summed E-state index contributed by atoms with van der Waals surface area (Å²) in [5.74, 6) is -0.595. The van der Waals surface area contributed by atoms with Gasteiger partial charge in [0.15, 0.2) is 0 Å². The summed E-state index contributed by atoms with van der Waals surface area (Å²) in [5, 5.41) is 0. The van der Waals surface area contributed by atoms with Gasteiger partial charge in [0, 0.05) is 26.2 Å². The lowest BCUT2D eigenvalue weighted by molar-refractivity contribution is -0.121. The summed E-state index contributed by atoms with van der Waals surface area (Å²) in [4.78, 5) is 30.0. The van der Waals surface area contributed by atoms with Crippen LogP contribution in [0.25, 0.3) is 0 Å². The SMILES string of the molecule is O=C1C2CN(CCOc3ccc(F)cc3)CCN2C(=O)N1c1cccc(F)c1. The molecule has 6 nitrogen and oxygen atoms in total. The number of urea groups is 1. The lowest BCUT2D eigenvalue weighted by atomic mass is 10.2. The topological polar surface area (TPSA) is 53.1 Å². The van der Waals surface area contributed by atoms with Crippen LogP contribution in [0, 0.1) is 11.6 Å². The van der Waals surface area contributed by atoms with Crippen LogP contribution in [-0.2, 0) is 4.79 Å². The van der Waals surface area contributed by atoms with Crippen LogP contribution in [0.5, 0.6) is 5.75 Å². The summed E-state index contributed by atoms with van der Waals surface area (Å²) in [6.45, 7) is 2.37. The molecule has 0 radical (unpaired) electrons. The van der Waals surface area contributed by atoms with E-state index in [1.807, 2.05) is 4.90 Å². The fourth-order valence-corrected chi connectivity index (χ4v) is 3.53. The van der Waals surface area contributed by atoms with E-state index in [9.17, 15) is 18.4 Å². The Morgan fingerprint density at radius 1 is 1.00 bits per heavy atom. The molecule has 146 valence electrons. The molecular weight excluding hydrogens is 368 g/mol. The number of hydrogen-bond donors (Lipinski definition) is 0. The number of anilines is 1. The van der Waals surface area contributed by atoms with Crippen molar-refractivity contribution >= 4 is 17.6 Å². The summed E-state index contributed by atoms with van der Waals surface area (Å²) in [6.07, 6.45) is 0. The van der Waals surface area contributed by atoms with Gasteiger partial charge in [-0.1, -0.05) is 6.07 Å². The van der Waals surface area contributed by atoms with Crippen LogP contribution in [0.1, 0.15) is 0 Å². The quantitative estimate of drug-likeness (QED) is 0.740. The molecule has 2 aromatic rings. The number of nitrogens with zero attached hydrogens (tertiary/aromatic N) is 3. The van der Waals surface area contributed by atoms with Gasteiger partial charge >= 0.3 is 6.03 Å². The van der Waals surface area contributed by atoms with Gasteiger partial charge in [0.25, 0.3) is 5.91 Å². The van der Waals surface area contributed by atoms with Crippen molar-refractivity contribution in [3.63, 3.8) is 0 Å². The zero-order chi connectivity index (χ0) is 19.7. The first-order valence-corrected chi connectivity index (χ1v) is 9.04. The van der Waals surface area contributed by atoms with E-state index in [1.54, 1.807) is 18.2 Å². The van der Waals surface area contributed by atoms with Crippen LogP contribution in [0.4, 0.5) is 19.3 Å². The molecule has 1 atom stereocenters. The average Bonchev–Trinajstić information content (AvgIpc) is 2.93. The number of fused-ring (bicyclic) bond motifs is 1. The molecule has 4 rings (SSSR count). The summed E-state index contributed by atoms with van der Waals surface area (Å²) in [6, 6.07) is 10.3. The molecule has 0 saturated carbocycles. The summed E-state index contributed by atoms with van der Waals surface area (Å²) >= 11 is 0. The highest BCUT2D eigenvalue weighted by Crippen LogP contribution is 2.28. The van der Waals surface area contributed by atoms with Crippen molar-refractivity contribution in [3.05, 3.63) is 60.2 Å². The third-order valence-electron chi connectivity index (χ3n) is 4.96. The highest BCUT2D eigenvalue weighted by atomic mass is 19.1. The molecule has 0 N–H and O–H groups in total. The number of piperazine rings is 1. The fourth-order valence-electron chi connectivity index (χ4n) is 3.53. The van der Waals surface area contributed by atoms with E-state index in [-0.39, 0.29) is 17.4 Å². The van der Waals surface area contributed by atoms with E-state index < -0.39 is 17.9 Å². The van der Waals surface area contributed by atoms with Crippen molar-refractivity contribution in [2.75, 3.05) is 37.7 Å². The molecule has 2 aliphatic rings. The second-order valence-electron chi connectivity index (χ2n) is 6.75. The molecular formula is C20H19F2N3O3. The Morgan fingerprint density at radius 2 is 1.79 bits per heavy atom. The maximum Gasteiger partial charge on any atom is 0.332 e. The third-order valence-corrected chi connectivity index (χ3v) is 4.96. The molecule has 8 heteroatoms. The number of imide groups is 1. The first-order chi connectivity index (χ1) is 13.5. The normalized spacial score (nSPS) is 19.9. The fraction of sp³-hybridized carbons (Fsp3) is 0.300. The first-order valence-electron chi connectivity index (χ1n) is 9.04. The summed E-state index contributed by atoms with van der Waals surface area (Å²) < 4.78 is 32.0. The highest BCUT2D eigenvalue weighted by Gasteiger charge is 2.48. The molecule has 2 aliphatic heterocycles. The summed E-state index contributed by atoms with van der Waals surface area (Å²) in [5.41, 5.74) is 0.246. The van der Waals surface area contributed by atoms with Gasteiger partial charge in [0.1, 0.15) is 30.0 Å². The number of carbonyl (C=O) groups is 2. The molecule has 2 heterocycles. The minimum atomic E-state index is -0.588. The van der Waals surface area contributed by atoms with Gasteiger partial charge in [-0.15, -0.1) is 0 Å². The predicted octanol–water partition coefficient (Wildman–Crippen LogP) is 2.50. The van der Waals surface area contributed by atoms with Gasteiger partial charge < -0.3 is 9.64 Å². The largest absolute Gasteiger partial charge is 0.492 e. The van der Waals surface area contributed by atoms with E-state index in [2.05, 4.69) is 0 Å². The second kappa shape index (κ2) is 7.55. The number of halogens is 2. The molecule has 1 unspecified atom stereocenters. The van der Waals surface area contributed by atoms with Gasteiger partial charge in [-0.05, 0) is 42.5 Å². The van der Waals surface area contributed by atoms with E-state index >= 15 is 0 Å². The minimum Gasteiger partial charge on any atom is -0.492 e. The van der Waals surface area contributed by atoms with Crippen LogP contribution in [0.2, 0.25) is 0 Å². The van der Waals surface area contributed by atoms with E-state index in [0.29, 0.717) is 38.5 Å². The van der Waals surface area contributed by atoms with E-state index in [0.717, 1.165) is 4.90 Å². The molecule has 0 bridgehead atoms. The Kier molecular flexibility index (Phi) is 4.95. The number of benzene rings is 2. The van der Waals surface area contributed by atoms with Crippen LogP contribution in [0.3, 0.4) is 0 Å². The highest BCUT2D eigenvalue weighted by molar-refractivity contribution is 6.21. The van der Waals surface area contributed by atoms with Gasteiger partial charge in [-0.2, -0.15) is 0 Å². The van der Waals surface area contributed by atoms with E-state index in [4.69, 9.17) is 4.74 Å². The Bertz CT molecular complexity index is 891. The Labute approximate surface area is 160 Å². The lowest BCUT2D eigenvalue weighted by Crippen LogP contribution is -2.53. The van der Waals surface area contributed by atoms with Crippen molar-refractivity contribution in [1.82, 2.24) is 9.80 Å². The summed E-state index contributed by atoms with van der Waals surface area (Å²) in [7, 11) is 0. The number of rotatable bonds is 5. The van der Waals surface area contributed by atoms with Crippen LogP contribution in [0.15, 0.2) is 48.5 Å². The zero-order valence-electron chi connectivity index (χ0n) is 15.1. The Balaban J connectivity index is 1.37. The second-order valence-corrected chi connectivity index (χ2v) is 6.75. The zero-order valence-corrected chi connectivity index (χ0v) is 15.1. The van der Waals surface area contributed by atoms with Gasteiger partial charge in [0.2, 0.25) is 0 Å². The first kappa shape index (κ1) is 18.4. The maximum atomic E-state index is 13.5. The smallest absolute Gasteiger partial charge is 0.332 e. The lowest BCUT2D eigenvalue weighted by Gasteiger charge is -2.35. The molecule has 3 amide bonds. The van der Waals surface area contributed by atoms with Crippen molar-refractivity contribution < 1.29 is 23.1 Å². The molecule has 2 fully saturated rings. The van der Waals surface area contributed by atoms with Crippen molar-refractivity contribution in [2.45, 2.75) is 6.04 Å². The molecule has 28 heavy (non-hydrogen) atoms. The van der Waals surface area contributed by atoms with Crippen LogP contribution >= 0.6 is 0 Å². The number of carbonyl (C=O) groups excluding carboxylic acids is 2. The average molecular weight is 387 g/mol. The monoisotopic (exact) mass is 387 g/mol. The molecule has 0 spiro atoms. The third kappa shape index (κ3) is 3.55. The molecule has 2 aromatic carbocycles. The van der Waals surface area contributed by atoms with Gasteiger partial charge in [-0.3, -0.25) is 9.69 Å². The van der Waals surface area contributed by atoms with Crippen molar-refractivity contribution in [3.8, 4) is 5.75 Å². The van der Waals surface area contributed by atoms with Crippen molar-refractivity contribution in [1.29, 1.82) is 0 Å². The number of hydrogen-bond acceptors (Lipinski definition) is 4. The molecule has 0 aromatic heterocycles. The van der Waals surface area contributed by atoms with Crippen molar-refractivity contribution in [2.24, 2.45) is 0 Å². The minimum absolute atomic E-state index is 0.246.